The highest BCUT2D eigenvalue weighted by molar-refractivity contribution is 5.90. The molecule has 6 atom stereocenters. The fourth-order valence-corrected chi connectivity index (χ4v) is 6.52. The monoisotopic (exact) mass is 609 g/mol. The Balaban J connectivity index is 1.31. The number of nitrogens with one attached hydrogen (secondary N) is 3. The first-order valence-corrected chi connectivity index (χ1v) is 15.5. The maximum Gasteiger partial charge on any atom is 0.407 e. The highest BCUT2D eigenvalue weighted by Crippen LogP contribution is 2.33. The van der Waals surface area contributed by atoms with Gasteiger partial charge in [-0.1, -0.05) is 73.5 Å². The second-order valence-electron chi connectivity index (χ2n) is 12.0. The maximum atomic E-state index is 13.8. The van der Waals surface area contributed by atoms with Crippen molar-refractivity contribution >= 4 is 18.1 Å². The third-order valence-electron chi connectivity index (χ3n) is 8.91. The van der Waals surface area contributed by atoms with Crippen LogP contribution in [0.4, 0.5) is 9.59 Å². The molecule has 0 aromatic heterocycles. The van der Waals surface area contributed by atoms with Gasteiger partial charge in [-0.25, -0.2) is 9.59 Å². The molecule has 3 fully saturated rings. The predicted molar refractivity (Wildman–Crippen MR) is 161 cm³/mol. The lowest BCUT2D eigenvalue weighted by Gasteiger charge is -2.33. The van der Waals surface area contributed by atoms with Crippen LogP contribution in [0.25, 0.3) is 0 Å². The normalized spacial score (nSPS) is 24.0. The van der Waals surface area contributed by atoms with E-state index in [0.717, 1.165) is 30.4 Å². The van der Waals surface area contributed by atoms with Gasteiger partial charge in [0.1, 0.15) is 11.6 Å². The Morgan fingerprint density at radius 3 is 2.25 bits per heavy atom. The van der Waals surface area contributed by atoms with Crippen LogP contribution in [0.1, 0.15) is 49.7 Å². The lowest BCUT2D eigenvalue weighted by molar-refractivity contribution is -0.129. The molecule has 1 saturated carbocycles. The summed E-state index contributed by atoms with van der Waals surface area (Å²) in [7, 11) is 1.27. The standard InChI is InChI=1S/C33H43N3O8/c1-41-32(40)36-33(15-8-9-16-33)30(38)35-26(19-23-12-6-3-7-13-23)27(37)20-24(18-22-10-4-2-5-11-22)34-31(39)44-28-21-43-29-25(28)14-17-42-29/h2-7,10-13,24-29,37H,8-9,14-21H2,1H3,(H,34,39)(H,35,38)(H,36,40)/t24-,25-,26-,27-,28-,29+/m0/s1. The summed E-state index contributed by atoms with van der Waals surface area (Å²) in [6.07, 6.45) is 1.20. The van der Waals surface area contributed by atoms with Gasteiger partial charge in [0.15, 0.2) is 6.29 Å². The fraction of sp³-hybridized carbons (Fsp3) is 0.545. The number of hydrogen-bond acceptors (Lipinski definition) is 8. The van der Waals surface area contributed by atoms with Gasteiger partial charge in [-0.2, -0.15) is 0 Å². The molecule has 0 radical (unpaired) electrons. The Morgan fingerprint density at radius 1 is 0.932 bits per heavy atom. The summed E-state index contributed by atoms with van der Waals surface area (Å²) in [6, 6.07) is 18.1. The van der Waals surface area contributed by atoms with Crippen LogP contribution in [0.5, 0.6) is 0 Å². The minimum atomic E-state index is -1.11. The number of rotatable bonds is 12. The number of aliphatic hydroxyl groups is 1. The van der Waals surface area contributed by atoms with Gasteiger partial charge in [0, 0.05) is 6.04 Å². The van der Waals surface area contributed by atoms with Gasteiger partial charge in [0.25, 0.3) is 0 Å². The van der Waals surface area contributed by atoms with Crippen molar-refractivity contribution in [3.8, 4) is 0 Å². The topological polar surface area (TPSA) is 144 Å². The zero-order valence-corrected chi connectivity index (χ0v) is 25.1. The van der Waals surface area contributed by atoms with Crippen molar-refractivity contribution in [1.82, 2.24) is 16.0 Å². The van der Waals surface area contributed by atoms with E-state index in [2.05, 4.69) is 16.0 Å². The molecule has 0 bridgehead atoms. The van der Waals surface area contributed by atoms with Crippen LogP contribution in [-0.2, 0) is 36.6 Å². The van der Waals surface area contributed by atoms with Crippen molar-refractivity contribution in [1.29, 1.82) is 0 Å². The highest BCUT2D eigenvalue weighted by atomic mass is 16.7. The van der Waals surface area contributed by atoms with Crippen LogP contribution >= 0.6 is 0 Å². The van der Waals surface area contributed by atoms with Crippen molar-refractivity contribution in [2.45, 2.75) is 87.5 Å². The van der Waals surface area contributed by atoms with Gasteiger partial charge in [0.05, 0.1) is 38.4 Å². The summed E-state index contributed by atoms with van der Waals surface area (Å²) >= 11 is 0. The molecule has 2 heterocycles. The quantitative estimate of drug-likeness (QED) is 0.287. The number of hydrogen-bond donors (Lipinski definition) is 4. The number of carbonyl (C=O) groups is 3. The van der Waals surface area contributed by atoms with Crippen LogP contribution in [-0.4, -0.2) is 79.6 Å². The summed E-state index contributed by atoms with van der Waals surface area (Å²) in [4.78, 5) is 39.0. The Labute approximate surface area is 258 Å². The molecule has 2 saturated heterocycles. The van der Waals surface area contributed by atoms with Crippen LogP contribution in [0, 0.1) is 5.92 Å². The zero-order valence-electron chi connectivity index (χ0n) is 25.1. The molecule has 2 aliphatic heterocycles. The molecule has 1 aliphatic carbocycles. The number of aliphatic hydroxyl groups excluding tert-OH is 1. The van der Waals surface area contributed by atoms with E-state index >= 15 is 0 Å². The average Bonchev–Trinajstić information content (AvgIpc) is 3.77. The van der Waals surface area contributed by atoms with E-state index in [1.165, 1.54) is 7.11 Å². The fourth-order valence-electron chi connectivity index (χ4n) is 6.52. The lowest BCUT2D eigenvalue weighted by atomic mass is 9.91. The zero-order chi connectivity index (χ0) is 30.9. The average molecular weight is 610 g/mol. The largest absolute Gasteiger partial charge is 0.453 e. The molecule has 2 aromatic rings. The molecular weight excluding hydrogens is 566 g/mol. The van der Waals surface area contributed by atoms with Gasteiger partial charge >= 0.3 is 12.2 Å². The summed E-state index contributed by atoms with van der Waals surface area (Å²) in [5, 5.41) is 20.5. The third-order valence-corrected chi connectivity index (χ3v) is 8.91. The van der Waals surface area contributed by atoms with Crippen molar-refractivity contribution in [2.24, 2.45) is 5.92 Å². The van der Waals surface area contributed by atoms with Crippen LogP contribution in [0.2, 0.25) is 0 Å². The predicted octanol–water partition coefficient (Wildman–Crippen LogP) is 3.23. The number of methoxy groups -OCH3 is 1. The van der Waals surface area contributed by atoms with E-state index in [0.29, 0.717) is 32.3 Å². The first-order chi connectivity index (χ1) is 21.3. The highest BCUT2D eigenvalue weighted by Gasteiger charge is 2.45. The number of fused-ring (bicyclic) bond motifs is 1. The van der Waals surface area contributed by atoms with E-state index in [9.17, 15) is 19.5 Å². The number of ether oxygens (including phenoxy) is 4. The molecule has 238 valence electrons. The van der Waals surface area contributed by atoms with Crippen molar-refractivity contribution in [2.75, 3.05) is 20.3 Å². The number of amides is 3. The van der Waals surface area contributed by atoms with Crippen molar-refractivity contribution < 1.29 is 38.4 Å². The molecule has 4 N–H and O–H groups in total. The second kappa shape index (κ2) is 14.9. The number of carbonyl (C=O) groups excluding carboxylic acids is 3. The summed E-state index contributed by atoms with van der Waals surface area (Å²) in [5.74, 6) is -0.354. The van der Waals surface area contributed by atoms with E-state index in [-0.39, 0.29) is 31.1 Å². The first-order valence-electron chi connectivity index (χ1n) is 15.5. The molecule has 11 heteroatoms. The van der Waals surface area contributed by atoms with Crippen molar-refractivity contribution in [3.05, 3.63) is 71.8 Å². The van der Waals surface area contributed by atoms with E-state index in [4.69, 9.17) is 18.9 Å². The van der Waals surface area contributed by atoms with Crippen LogP contribution in [0.15, 0.2) is 60.7 Å². The molecular formula is C33H43N3O8. The lowest BCUT2D eigenvalue weighted by Crippen LogP contribution is -2.61. The summed E-state index contributed by atoms with van der Waals surface area (Å²) in [6.45, 7) is 0.853. The molecule has 2 aromatic carbocycles. The van der Waals surface area contributed by atoms with Gasteiger partial charge < -0.3 is 40.0 Å². The van der Waals surface area contributed by atoms with Gasteiger partial charge in [-0.15, -0.1) is 0 Å². The molecule has 3 amide bonds. The van der Waals surface area contributed by atoms with E-state index < -0.39 is 42.0 Å². The molecule has 44 heavy (non-hydrogen) atoms. The van der Waals surface area contributed by atoms with E-state index in [1.807, 2.05) is 60.7 Å². The Bertz CT molecular complexity index is 1240. The van der Waals surface area contributed by atoms with Gasteiger partial charge in [-0.3, -0.25) is 4.79 Å². The van der Waals surface area contributed by atoms with Crippen LogP contribution in [0.3, 0.4) is 0 Å². The van der Waals surface area contributed by atoms with Gasteiger partial charge in [0.2, 0.25) is 5.91 Å². The Morgan fingerprint density at radius 2 is 1.59 bits per heavy atom. The smallest absolute Gasteiger partial charge is 0.407 e. The number of benzene rings is 2. The summed E-state index contributed by atoms with van der Waals surface area (Å²) < 4.78 is 21.7. The Hall–Kier alpha value is -3.67. The molecule has 11 nitrogen and oxygen atoms in total. The minimum absolute atomic E-state index is 0.00545. The Kier molecular flexibility index (Phi) is 10.7. The number of alkyl carbamates (subject to hydrolysis) is 2. The maximum absolute atomic E-state index is 13.8. The third kappa shape index (κ3) is 8.08. The van der Waals surface area contributed by atoms with E-state index in [1.54, 1.807) is 0 Å². The molecule has 3 aliphatic rings. The van der Waals surface area contributed by atoms with Gasteiger partial charge in [-0.05, 0) is 49.7 Å². The first kappa shape index (κ1) is 31.7. The SMILES string of the molecule is COC(=O)NC1(C(=O)N[C@@H](Cc2ccccc2)[C@@H](O)C[C@H](Cc2ccccc2)NC(=O)O[C@H]2CO[C@H]3OCC[C@H]32)CCCC1. The molecule has 0 unspecified atom stereocenters. The second-order valence-corrected chi connectivity index (χ2v) is 12.0. The summed E-state index contributed by atoms with van der Waals surface area (Å²) in [5.41, 5.74) is 0.799. The molecule has 0 spiro atoms. The van der Waals surface area contributed by atoms with Crippen molar-refractivity contribution in [3.63, 3.8) is 0 Å². The van der Waals surface area contributed by atoms with Crippen LogP contribution < -0.4 is 16.0 Å². The minimum Gasteiger partial charge on any atom is -0.453 e. The molecule has 5 rings (SSSR count).